The van der Waals surface area contributed by atoms with Crippen molar-refractivity contribution in [2.75, 3.05) is 26.2 Å². The van der Waals surface area contributed by atoms with Crippen LogP contribution in [0, 0.1) is 11.2 Å². The summed E-state index contributed by atoms with van der Waals surface area (Å²) < 4.78 is 52.0. The van der Waals surface area contributed by atoms with Crippen molar-refractivity contribution >= 4 is 11.8 Å². The lowest BCUT2D eigenvalue weighted by Gasteiger charge is -2.40. The number of halogens is 4. The highest BCUT2D eigenvalue weighted by molar-refractivity contribution is 5.94. The molecule has 0 aromatic heterocycles. The summed E-state index contributed by atoms with van der Waals surface area (Å²) in [5, 5.41) is 0. The fourth-order valence-electron chi connectivity index (χ4n) is 3.98. The number of carbonyl (C=O) groups is 2. The second-order valence-electron chi connectivity index (χ2n) is 7.21. The summed E-state index contributed by atoms with van der Waals surface area (Å²) in [4.78, 5) is 27.5. The highest BCUT2D eigenvalue weighted by atomic mass is 19.4. The van der Waals surface area contributed by atoms with E-state index in [9.17, 15) is 27.2 Å². The van der Waals surface area contributed by atoms with E-state index in [-0.39, 0.29) is 16.9 Å². The normalized spacial score (nSPS) is 23.6. The van der Waals surface area contributed by atoms with Crippen molar-refractivity contribution in [2.24, 2.45) is 5.41 Å². The maximum Gasteiger partial charge on any atom is 0.419 e. The number of carbonyl (C=O) groups excluding carboxylic acids is 2. The molecule has 2 fully saturated rings. The van der Waals surface area contributed by atoms with Gasteiger partial charge < -0.3 is 9.80 Å². The molecule has 1 unspecified atom stereocenters. The van der Waals surface area contributed by atoms with Gasteiger partial charge in [-0.1, -0.05) is 0 Å². The molecule has 0 N–H and O–H groups in total. The van der Waals surface area contributed by atoms with Gasteiger partial charge in [-0.2, -0.15) is 13.2 Å². The SMILES string of the molecule is CC(=O)N1CCCC2(CCN(C(=O)c3ccc(F)c(C(F)(F)F)c3)C2)C1. The zero-order chi connectivity index (χ0) is 19.1. The zero-order valence-corrected chi connectivity index (χ0v) is 14.4. The number of benzene rings is 1. The van der Waals surface area contributed by atoms with Crippen LogP contribution in [0.15, 0.2) is 18.2 Å². The first kappa shape index (κ1) is 18.7. The number of amides is 2. The molecule has 2 aliphatic heterocycles. The molecule has 2 heterocycles. The first-order valence-corrected chi connectivity index (χ1v) is 8.53. The third-order valence-corrected chi connectivity index (χ3v) is 5.35. The summed E-state index contributed by atoms with van der Waals surface area (Å²) in [6, 6.07) is 2.34. The fraction of sp³-hybridized carbons (Fsp3) is 0.556. The Labute approximate surface area is 148 Å². The van der Waals surface area contributed by atoms with Crippen molar-refractivity contribution in [3.63, 3.8) is 0 Å². The Morgan fingerprint density at radius 2 is 1.77 bits per heavy atom. The molecule has 0 bridgehead atoms. The van der Waals surface area contributed by atoms with Crippen LogP contribution in [0.1, 0.15) is 42.1 Å². The van der Waals surface area contributed by atoms with Crippen LogP contribution in [0.4, 0.5) is 17.6 Å². The predicted molar refractivity (Wildman–Crippen MR) is 85.8 cm³/mol. The monoisotopic (exact) mass is 372 g/mol. The Morgan fingerprint density at radius 1 is 1.08 bits per heavy atom. The number of nitrogens with zero attached hydrogens (tertiary/aromatic N) is 2. The lowest BCUT2D eigenvalue weighted by Crippen LogP contribution is -2.47. The van der Waals surface area contributed by atoms with Crippen molar-refractivity contribution in [1.82, 2.24) is 9.80 Å². The molecule has 142 valence electrons. The first-order chi connectivity index (χ1) is 12.1. The molecular formula is C18H20F4N2O2. The molecule has 3 rings (SSSR count). The molecule has 0 radical (unpaired) electrons. The van der Waals surface area contributed by atoms with Gasteiger partial charge in [-0.15, -0.1) is 0 Å². The molecule has 2 aliphatic rings. The van der Waals surface area contributed by atoms with Gasteiger partial charge in [-0.3, -0.25) is 9.59 Å². The van der Waals surface area contributed by atoms with Gasteiger partial charge in [0, 0.05) is 44.1 Å². The summed E-state index contributed by atoms with van der Waals surface area (Å²) in [6.07, 6.45) is -2.43. The van der Waals surface area contributed by atoms with E-state index in [4.69, 9.17) is 0 Å². The minimum Gasteiger partial charge on any atom is -0.342 e. The van der Waals surface area contributed by atoms with Gasteiger partial charge in [0.2, 0.25) is 5.91 Å². The van der Waals surface area contributed by atoms with Crippen LogP contribution in [0.25, 0.3) is 0 Å². The summed E-state index contributed by atoms with van der Waals surface area (Å²) in [6.45, 7) is 3.58. The van der Waals surface area contributed by atoms with Gasteiger partial charge >= 0.3 is 6.18 Å². The molecule has 1 atom stereocenters. The molecule has 2 amide bonds. The van der Waals surface area contributed by atoms with Gasteiger partial charge in [0.25, 0.3) is 5.91 Å². The van der Waals surface area contributed by atoms with Crippen molar-refractivity contribution in [3.8, 4) is 0 Å². The zero-order valence-electron chi connectivity index (χ0n) is 14.4. The maximum atomic E-state index is 13.4. The molecule has 1 aromatic rings. The molecule has 8 heteroatoms. The number of rotatable bonds is 1. The molecule has 4 nitrogen and oxygen atoms in total. The average molecular weight is 372 g/mol. The Hall–Kier alpha value is -2.12. The number of hydrogen-bond donors (Lipinski definition) is 0. The molecule has 1 aromatic carbocycles. The highest BCUT2D eigenvalue weighted by Gasteiger charge is 2.44. The topological polar surface area (TPSA) is 40.6 Å². The van der Waals surface area contributed by atoms with Gasteiger partial charge in [0.05, 0.1) is 5.56 Å². The molecule has 0 aliphatic carbocycles. The van der Waals surface area contributed by atoms with Crippen LogP contribution < -0.4 is 0 Å². The van der Waals surface area contributed by atoms with E-state index in [1.807, 2.05) is 0 Å². The van der Waals surface area contributed by atoms with Crippen molar-refractivity contribution < 1.29 is 27.2 Å². The van der Waals surface area contributed by atoms with E-state index in [1.54, 1.807) is 4.90 Å². The predicted octanol–water partition coefficient (Wildman–Crippen LogP) is 3.32. The summed E-state index contributed by atoms with van der Waals surface area (Å²) >= 11 is 0. The van der Waals surface area contributed by atoms with Crippen LogP contribution in [0.3, 0.4) is 0 Å². The van der Waals surface area contributed by atoms with Gasteiger partial charge in [-0.25, -0.2) is 4.39 Å². The lowest BCUT2D eigenvalue weighted by molar-refractivity contribution is -0.140. The Morgan fingerprint density at radius 3 is 2.42 bits per heavy atom. The number of alkyl halides is 3. The van der Waals surface area contributed by atoms with Crippen molar-refractivity contribution in [3.05, 3.63) is 35.1 Å². The third-order valence-electron chi connectivity index (χ3n) is 5.35. The minimum absolute atomic E-state index is 0.0118. The van der Waals surface area contributed by atoms with E-state index < -0.39 is 23.5 Å². The van der Waals surface area contributed by atoms with Crippen LogP contribution in [-0.4, -0.2) is 47.8 Å². The lowest BCUT2D eigenvalue weighted by atomic mass is 9.79. The first-order valence-electron chi connectivity index (χ1n) is 8.53. The Kier molecular flexibility index (Phi) is 4.71. The van der Waals surface area contributed by atoms with E-state index in [2.05, 4.69) is 0 Å². The Balaban J connectivity index is 1.77. The van der Waals surface area contributed by atoms with Gasteiger partial charge in [0.15, 0.2) is 0 Å². The second-order valence-corrected chi connectivity index (χ2v) is 7.21. The van der Waals surface area contributed by atoms with Crippen LogP contribution in [0.5, 0.6) is 0 Å². The maximum absolute atomic E-state index is 13.4. The van der Waals surface area contributed by atoms with Gasteiger partial charge in [-0.05, 0) is 37.5 Å². The van der Waals surface area contributed by atoms with E-state index >= 15 is 0 Å². The number of piperidine rings is 1. The van der Waals surface area contributed by atoms with Crippen LogP contribution in [-0.2, 0) is 11.0 Å². The van der Waals surface area contributed by atoms with E-state index in [0.717, 1.165) is 18.9 Å². The van der Waals surface area contributed by atoms with Crippen molar-refractivity contribution in [2.45, 2.75) is 32.4 Å². The number of likely N-dealkylation sites (tertiary alicyclic amines) is 2. The molecule has 26 heavy (non-hydrogen) atoms. The Bertz CT molecular complexity index is 734. The molecule has 0 saturated carbocycles. The number of hydrogen-bond acceptors (Lipinski definition) is 2. The third kappa shape index (κ3) is 3.54. The summed E-state index contributed by atoms with van der Waals surface area (Å²) in [5.74, 6) is -1.94. The fourth-order valence-corrected chi connectivity index (χ4v) is 3.98. The molecular weight excluding hydrogens is 352 g/mol. The van der Waals surface area contributed by atoms with Crippen molar-refractivity contribution in [1.29, 1.82) is 0 Å². The van der Waals surface area contributed by atoms with Crippen LogP contribution >= 0.6 is 0 Å². The second kappa shape index (κ2) is 6.55. The summed E-state index contributed by atoms with van der Waals surface area (Å²) in [7, 11) is 0. The van der Waals surface area contributed by atoms with Crippen LogP contribution in [0.2, 0.25) is 0 Å². The highest BCUT2D eigenvalue weighted by Crippen LogP contribution is 2.40. The molecule has 1 spiro atoms. The minimum atomic E-state index is -4.85. The van der Waals surface area contributed by atoms with E-state index in [0.29, 0.717) is 44.7 Å². The van der Waals surface area contributed by atoms with E-state index in [1.165, 1.54) is 11.8 Å². The largest absolute Gasteiger partial charge is 0.419 e. The van der Waals surface area contributed by atoms with Gasteiger partial charge in [0.1, 0.15) is 5.82 Å². The standard InChI is InChI=1S/C18H20F4N2O2/c1-12(25)23-7-2-5-17(10-23)6-8-24(11-17)16(26)13-3-4-15(19)14(9-13)18(20,21)22/h3-4,9H,2,5-8,10-11H2,1H3. The molecule has 2 saturated heterocycles. The smallest absolute Gasteiger partial charge is 0.342 e. The quantitative estimate of drug-likeness (QED) is 0.710. The average Bonchev–Trinajstić information content (AvgIpc) is 2.97. The summed E-state index contributed by atoms with van der Waals surface area (Å²) in [5.41, 5.74) is -1.81.